The first-order valence-electron chi connectivity index (χ1n) is 8.80. The molecular formula is C19H28N2O2. The van der Waals surface area contributed by atoms with Crippen LogP contribution in [0.5, 0.6) is 0 Å². The number of nitrogens with one attached hydrogen (secondary N) is 1. The van der Waals surface area contributed by atoms with E-state index in [2.05, 4.69) is 22.3 Å². The number of hydrogen-bond acceptors (Lipinski definition) is 3. The van der Waals surface area contributed by atoms with Gasteiger partial charge >= 0.3 is 0 Å². The number of carbonyl (C=O) groups excluding carboxylic acids is 1. The van der Waals surface area contributed by atoms with Crippen LogP contribution in [0.2, 0.25) is 0 Å². The van der Waals surface area contributed by atoms with Gasteiger partial charge in [-0.15, -0.1) is 0 Å². The molecule has 0 radical (unpaired) electrons. The van der Waals surface area contributed by atoms with Gasteiger partial charge in [-0.1, -0.05) is 36.8 Å². The van der Waals surface area contributed by atoms with Gasteiger partial charge in [0, 0.05) is 26.7 Å². The van der Waals surface area contributed by atoms with Crippen molar-refractivity contribution in [3.8, 4) is 0 Å². The van der Waals surface area contributed by atoms with Crippen molar-refractivity contribution in [3.63, 3.8) is 0 Å². The molecular weight excluding hydrogens is 288 g/mol. The van der Waals surface area contributed by atoms with E-state index in [-0.39, 0.29) is 11.3 Å². The van der Waals surface area contributed by atoms with Crippen LogP contribution in [0.15, 0.2) is 30.3 Å². The summed E-state index contributed by atoms with van der Waals surface area (Å²) in [6.07, 6.45) is 4.28. The Morgan fingerprint density at radius 2 is 2.13 bits per heavy atom. The van der Waals surface area contributed by atoms with E-state index >= 15 is 0 Å². The summed E-state index contributed by atoms with van der Waals surface area (Å²) in [5.41, 5.74) is 0.909. The fourth-order valence-corrected chi connectivity index (χ4v) is 3.84. The van der Waals surface area contributed by atoms with E-state index in [1.165, 1.54) is 12.0 Å². The van der Waals surface area contributed by atoms with Crippen molar-refractivity contribution in [2.75, 3.05) is 39.9 Å². The molecule has 1 aromatic rings. The van der Waals surface area contributed by atoms with Crippen LogP contribution in [0.25, 0.3) is 0 Å². The van der Waals surface area contributed by atoms with Gasteiger partial charge in [-0.25, -0.2) is 0 Å². The third-order valence-electron chi connectivity index (χ3n) is 5.50. The van der Waals surface area contributed by atoms with Gasteiger partial charge in [-0.2, -0.15) is 0 Å². The highest BCUT2D eigenvalue weighted by Gasteiger charge is 2.45. The van der Waals surface area contributed by atoms with Gasteiger partial charge in [-0.3, -0.25) is 4.79 Å². The summed E-state index contributed by atoms with van der Waals surface area (Å²) in [4.78, 5) is 15.2. The molecule has 1 saturated carbocycles. The third kappa shape index (κ3) is 3.59. The number of hydrogen-bond donors (Lipinski definition) is 1. The summed E-state index contributed by atoms with van der Waals surface area (Å²) < 4.78 is 5.14. The Bertz CT molecular complexity index is 513. The largest absolute Gasteiger partial charge is 0.383 e. The SMILES string of the molecule is COCCN1CCC(CNC(=O)C2(c3ccccc3)CCC2)C1. The smallest absolute Gasteiger partial charge is 0.230 e. The highest BCUT2D eigenvalue weighted by molar-refractivity contribution is 5.89. The summed E-state index contributed by atoms with van der Waals surface area (Å²) in [5, 5.41) is 3.25. The molecule has 1 N–H and O–H groups in total. The Labute approximate surface area is 139 Å². The molecule has 1 aromatic carbocycles. The normalized spacial score (nSPS) is 23.4. The summed E-state index contributed by atoms with van der Waals surface area (Å²) >= 11 is 0. The van der Waals surface area contributed by atoms with Crippen LogP contribution >= 0.6 is 0 Å². The van der Waals surface area contributed by atoms with Crippen LogP contribution in [-0.4, -0.2) is 50.7 Å². The maximum absolute atomic E-state index is 12.8. The predicted octanol–water partition coefficient (Wildman–Crippen LogP) is 2.19. The molecule has 1 atom stereocenters. The second kappa shape index (κ2) is 7.45. The van der Waals surface area contributed by atoms with Crippen molar-refractivity contribution in [1.82, 2.24) is 10.2 Å². The van der Waals surface area contributed by atoms with Gasteiger partial charge < -0.3 is 15.0 Å². The fourth-order valence-electron chi connectivity index (χ4n) is 3.84. The van der Waals surface area contributed by atoms with Crippen LogP contribution in [0.4, 0.5) is 0 Å². The zero-order valence-electron chi connectivity index (χ0n) is 14.1. The minimum absolute atomic E-state index is 0.227. The van der Waals surface area contributed by atoms with Crippen molar-refractivity contribution >= 4 is 5.91 Å². The molecule has 0 spiro atoms. The maximum Gasteiger partial charge on any atom is 0.230 e. The molecule has 2 aliphatic rings. The zero-order chi connectivity index (χ0) is 16.1. The van der Waals surface area contributed by atoms with E-state index in [9.17, 15) is 4.79 Å². The highest BCUT2D eigenvalue weighted by Crippen LogP contribution is 2.43. The Morgan fingerprint density at radius 1 is 1.35 bits per heavy atom. The predicted molar refractivity (Wildman–Crippen MR) is 91.4 cm³/mol. The molecule has 1 unspecified atom stereocenters. The van der Waals surface area contributed by atoms with Gasteiger partial charge in [0.2, 0.25) is 5.91 Å². The van der Waals surface area contributed by atoms with Gasteiger partial charge in [0.1, 0.15) is 0 Å². The Balaban J connectivity index is 1.51. The Morgan fingerprint density at radius 3 is 2.78 bits per heavy atom. The molecule has 0 aromatic heterocycles. The van der Waals surface area contributed by atoms with Crippen molar-refractivity contribution < 1.29 is 9.53 Å². The van der Waals surface area contributed by atoms with Gasteiger partial charge in [0.05, 0.1) is 12.0 Å². The number of ether oxygens (including phenoxy) is 1. The lowest BCUT2D eigenvalue weighted by Gasteiger charge is -2.41. The second-order valence-corrected chi connectivity index (χ2v) is 6.96. The summed E-state index contributed by atoms with van der Waals surface area (Å²) in [5.74, 6) is 0.800. The lowest BCUT2D eigenvalue weighted by atomic mass is 9.64. The first kappa shape index (κ1) is 16.5. The van der Waals surface area contributed by atoms with E-state index in [0.717, 1.165) is 52.0 Å². The second-order valence-electron chi connectivity index (χ2n) is 6.96. The molecule has 23 heavy (non-hydrogen) atoms. The van der Waals surface area contributed by atoms with Crippen molar-refractivity contribution in [2.24, 2.45) is 5.92 Å². The molecule has 1 saturated heterocycles. The molecule has 1 heterocycles. The van der Waals surface area contributed by atoms with E-state index in [0.29, 0.717) is 5.92 Å². The number of likely N-dealkylation sites (tertiary alicyclic amines) is 1. The minimum atomic E-state index is -0.268. The lowest BCUT2D eigenvalue weighted by molar-refractivity contribution is -0.130. The number of rotatable bonds is 7. The highest BCUT2D eigenvalue weighted by atomic mass is 16.5. The maximum atomic E-state index is 12.8. The average molecular weight is 316 g/mol. The van der Waals surface area contributed by atoms with E-state index in [1.54, 1.807) is 7.11 Å². The van der Waals surface area contributed by atoms with E-state index in [1.807, 2.05) is 18.2 Å². The molecule has 4 nitrogen and oxygen atoms in total. The molecule has 2 fully saturated rings. The average Bonchev–Trinajstić information content (AvgIpc) is 2.99. The first-order chi connectivity index (χ1) is 11.2. The minimum Gasteiger partial charge on any atom is -0.383 e. The fraction of sp³-hybridized carbons (Fsp3) is 0.632. The van der Waals surface area contributed by atoms with Crippen LogP contribution < -0.4 is 5.32 Å². The van der Waals surface area contributed by atoms with E-state index < -0.39 is 0 Å². The quantitative estimate of drug-likeness (QED) is 0.838. The van der Waals surface area contributed by atoms with Gasteiger partial charge in [-0.05, 0) is 37.3 Å². The molecule has 1 aliphatic carbocycles. The molecule has 4 heteroatoms. The summed E-state index contributed by atoms with van der Waals surface area (Å²) in [7, 11) is 1.75. The number of benzene rings is 1. The van der Waals surface area contributed by atoms with Crippen LogP contribution in [0, 0.1) is 5.92 Å². The molecule has 126 valence electrons. The molecule has 3 rings (SSSR count). The number of methoxy groups -OCH3 is 1. The van der Waals surface area contributed by atoms with Gasteiger partial charge in [0.15, 0.2) is 0 Å². The monoisotopic (exact) mass is 316 g/mol. The number of amides is 1. The van der Waals surface area contributed by atoms with Crippen LogP contribution in [0.1, 0.15) is 31.2 Å². The summed E-state index contributed by atoms with van der Waals surface area (Å²) in [6, 6.07) is 10.3. The Hall–Kier alpha value is -1.39. The summed E-state index contributed by atoms with van der Waals surface area (Å²) in [6.45, 7) is 4.78. The van der Waals surface area contributed by atoms with Gasteiger partial charge in [0.25, 0.3) is 0 Å². The van der Waals surface area contributed by atoms with Crippen LogP contribution in [-0.2, 0) is 14.9 Å². The van der Waals surface area contributed by atoms with Crippen LogP contribution in [0.3, 0.4) is 0 Å². The first-order valence-corrected chi connectivity index (χ1v) is 8.80. The Kier molecular flexibility index (Phi) is 5.34. The standard InChI is InChI=1S/C19H28N2O2/c1-23-13-12-21-11-8-16(15-21)14-20-18(22)19(9-5-10-19)17-6-3-2-4-7-17/h2-4,6-7,16H,5,8-15H2,1H3,(H,20,22). The van der Waals surface area contributed by atoms with Crippen molar-refractivity contribution in [1.29, 1.82) is 0 Å². The number of carbonyl (C=O) groups is 1. The molecule has 1 aliphatic heterocycles. The number of nitrogens with zero attached hydrogens (tertiary/aromatic N) is 1. The van der Waals surface area contributed by atoms with E-state index in [4.69, 9.17) is 4.74 Å². The topological polar surface area (TPSA) is 41.6 Å². The molecule has 0 bridgehead atoms. The van der Waals surface area contributed by atoms with Crippen molar-refractivity contribution in [2.45, 2.75) is 31.1 Å². The molecule has 1 amide bonds. The lowest BCUT2D eigenvalue weighted by Crippen LogP contribution is -2.50. The third-order valence-corrected chi connectivity index (χ3v) is 5.50. The zero-order valence-corrected chi connectivity index (χ0v) is 14.1. The van der Waals surface area contributed by atoms with Crippen molar-refractivity contribution in [3.05, 3.63) is 35.9 Å².